The van der Waals surface area contributed by atoms with Gasteiger partial charge in [0.15, 0.2) is 0 Å². The number of halogens is 3. The van der Waals surface area contributed by atoms with Crippen LogP contribution in [0.5, 0.6) is 0 Å². The summed E-state index contributed by atoms with van der Waals surface area (Å²) in [6.45, 7) is 3.25. The molecule has 96 valence electrons. The third-order valence-electron chi connectivity index (χ3n) is 2.36. The smallest absolute Gasteiger partial charge is 0.114 e. The van der Waals surface area contributed by atoms with E-state index in [-0.39, 0.29) is 0 Å². The van der Waals surface area contributed by atoms with Crippen molar-refractivity contribution in [3.05, 3.63) is 39.1 Å². The second kappa shape index (κ2) is 4.70. The highest BCUT2D eigenvalue weighted by Gasteiger charge is 2.21. The molecule has 1 heterocycles. The molecule has 0 aliphatic heterocycles. The Balaban J connectivity index is 2.50. The summed E-state index contributed by atoms with van der Waals surface area (Å²) in [5, 5.41) is 18.8. The van der Waals surface area contributed by atoms with Crippen LogP contribution in [0.25, 0.3) is 5.69 Å². The van der Waals surface area contributed by atoms with Crippen LogP contribution in [0.4, 0.5) is 0 Å². The van der Waals surface area contributed by atoms with Crippen molar-refractivity contribution in [1.82, 2.24) is 15.0 Å². The van der Waals surface area contributed by atoms with Crippen LogP contribution in [0.1, 0.15) is 19.5 Å². The zero-order valence-corrected chi connectivity index (χ0v) is 11.9. The Labute approximate surface area is 119 Å². The quantitative estimate of drug-likeness (QED) is 0.865. The number of aromatic nitrogens is 3. The minimum absolute atomic E-state index is 0.369. The van der Waals surface area contributed by atoms with Crippen molar-refractivity contribution in [2.75, 3.05) is 0 Å². The predicted molar refractivity (Wildman–Crippen MR) is 71.6 cm³/mol. The molecular weight excluding hydrogens is 296 g/mol. The summed E-state index contributed by atoms with van der Waals surface area (Å²) in [5.41, 5.74) is -0.0836. The molecule has 0 amide bonds. The van der Waals surface area contributed by atoms with Crippen molar-refractivity contribution in [3.63, 3.8) is 0 Å². The molecule has 1 N–H and O–H groups in total. The van der Waals surface area contributed by atoms with Gasteiger partial charge in [-0.25, -0.2) is 4.68 Å². The van der Waals surface area contributed by atoms with Crippen LogP contribution in [-0.2, 0) is 5.60 Å². The van der Waals surface area contributed by atoms with Gasteiger partial charge in [-0.05, 0) is 26.0 Å². The molecule has 0 saturated carbocycles. The maximum atomic E-state index is 9.82. The predicted octanol–water partition coefficient (Wildman–Crippen LogP) is 3.45. The zero-order chi connectivity index (χ0) is 13.5. The topological polar surface area (TPSA) is 50.9 Å². The zero-order valence-electron chi connectivity index (χ0n) is 9.65. The standard InChI is InChI=1S/C11H10Cl3N3O/c1-11(2,18)10-5-17(16-15-10)9-4-7(13)6(12)3-8(9)14/h3-5,18H,1-2H3. The van der Waals surface area contributed by atoms with Crippen LogP contribution < -0.4 is 0 Å². The van der Waals surface area contributed by atoms with E-state index in [1.807, 2.05) is 0 Å². The average molecular weight is 307 g/mol. The summed E-state index contributed by atoms with van der Waals surface area (Å²) in [7, 11) is 0. The molecule has 0 saturated heterocycles. The Morgan fingerprint density at radius 3 is 2.28 bits per heavy atom. The van der Waals surface area contributed by atoms with Gasteiger partial charge in [-0.15, -0.1) is 5.10 Å². The highest BCUT2D eigenvalue weighted by molar-refractivity contribution is 6.43. The third-order valence-corrected chi connectivity index (χ3v) is 3.38. The molecule has 0 aliphatic carbocycles. The van der Waals surface area contributed by atoms with E-state index in [1.165, 1.54) is 10.7 Å². The SMILES string of the molecule is CC(C)(O)c1cn(-c2cc(Cl)c(Cl)cc2Cl)nn1. The molecule has 18 heavy (non-hydrogen) atoms. The fourth-order valence-corrected chi connectivity index (χ4v) is 1.98. The monoisotopic (exact) mass is 305 g/mol. The van der Waals surface area contributed by atoms with Gasteiger partial charge in [0.25, 0.3) is 0 Å². The first-order chi connectivity index (χ1) is 8.29. The van der Waals surface area contributed by atoms with E-state index in [1.54, 1.807) is 26.1 Å². The van der Waals surface area contributed by atoms with Crippen LogP contribution in [0.3, 0.4) is 0 Å². The second-order valence-corrected chi connectivity index (χ2v) is 5.55. The Bertz CT molecular complexity index is 590. The largest absolute Gasteiger partial charge is 0.384 e. The normalized spacial score (nSPS) is 11.9. The van der Waals surface area contributed by atoms with Gasteiger partial charge in [-0.3, -0.25) is 0 Å². The Morgan fingerprint density at radius 1 is 1.11 bits per heavy atom. The van der Waals surface area contributed by atoms with E-state index >= 15 is 0 Å². The van der Waals surface area contributed by atoms with Crippen LogP contribution in [-0.4, -0.2) is 20.1 Å². The van der Waals surface area contributed by atoms with E-state index in [2.05, 4.69) is 10.3 Å². The van der Waals surface area contributed by atoms with Crippen LogP contribution in [0.2, 0.25) is 15.1 Å². The van der Waals surface area contributed by atoms with Crippen LogP contribution >= 0.6 is 34.8 Å². The summed E-state index contributed by atoms with van der Waals surface area (Å²) in [6, 6.07) is 3.13. The minimum atomic E-state index is -1.07. The second-order valence-electron chi connectivity index (χ2n) is 4.33. The molecule has 7 heteroatoms. The van der Waals surface area contributed by atoms with Crippen molar-refractivity contribution in [3.8, 4) is 5.69 Å². The molecule has 0 radical (unpaired) electrons. The van der Waals surface area contributed by atoms with Gasteiger partial charge in [-0.2, -0.15) is 0 Å². The van der Waals surface area contributed by atoms with E-state index in [0.717, 1.165) is 0 Å². The number of nitrogens with zero attached hydrogens (tertiary/aromatic N) is 3. The Kier molecular flexibility index (Phi) is 3.56. The molecule has 0 unspecified atom stereocenters. The summed E-state index contributed by atoms with van der Waals surface area (Å²) >= 11 is 17.8. The molecule has 0 fully saturated rings. The molecular formula is C11H10Cl3N3O. The van der Waals surface area contributed by atoms with Gasteiger partial charge in [0.2, 0.25) is 0 Å². The lowest BCUT2D eigenvalue weighted by Gasteiger charge is -2.12. The lowest BCUT2D eigenvalue weighted by atomic mass is 10.1. The lowest BCUT2D eigenvalue weighted by molar-refractivity contribution is 0.0737. The van der Waals surface area contributed by atoms with Gasteiger partial charge in [0.1, 0.15) is 11.3 Å². The molecule has 4 nitrogen and oxygen atoms in total. The maximum Gasteiger partial charge on any atom is 0.114 e. The number of hydrogen-bond donors (Lipinski definition) is 1. The summed E-state index contributed by atoms with van der Waals surface area (Å²) < 4.78 is 1.44. The molecule has 0 aliphatic rings. The van der Waals surface area contributed by atoms with Gasteiger partial charge >= 0.3 is 0 Å². The Hall–Kier alpha value is -0.810. The molecule has 2 aromatic rings. The highest BCUT2D eigenvalue weighted by Crippen LogP contribution is 2.31. The average Bonchev–Trinajstić information content (AvgIpc) is 2.72. The highest BCUT2D eigenvalue weighted by atomic mass is 35.5. The fraction of sp³-hybridized carbons (Fsp3) is 0.273. The first kappa shape index (κ1) is 13.6. The van der Waals surface area contributed by atoms with E-state index in [0.29, 0.717) is 26.4 Å². The van der Waals surface area contributed by atoms with Gasteiger partial charge in [0.05, 0.1) is 27.0 Å². The van der Waals surface area contributed by atoms with Gasteiger partial charge < -0.3 is 5.11 Å². The summed E-state index contributed by atoms with van der Waals surface area (Å²) in [6.07, 6.45) is 1.59. The first-order valence-corrected chi connectivity index (χ1v) is 6.22. The maximum absolute atomic E-state index is 9.82. The number of rotatable bonds is 2. The van der Waals surface area contributed by atoms with Crippen LogP contribution in [0.15, 0.2) is 18.3 Å². The molecule has 2 rings (SSSR count). The van der Waals surface area contributed by atoms with E-state index in [4.69, 9.17) is 34.8 Å². The molecule has 0 bridgehead atoms. The molecule has 1 aromatic heterocycles. The molecule has 1 aromatic carbocycles. The van der Waals surface area contributed by atoms with Crippen molar-refractivity contribution in [2.45, 2.75) is 19.4 Å². The fourth-order valence-electron chi connectivity index (χ4n) is 1.35. The van der Waals surface area contributed by atoms with Crippen molar-refractivity contribution in [2.24, 2.45) is 0 Å². The summed E-state index contributed by atoms with van der Waals surface area (Å²) in [4.78, 5) is 0. The third kappa shape index (κ3) is 2.62. The van der Waals surface area contributed by atoms with E-state index < -0.39 is 5.60 Å². The molecule has 0 atom stereocenters. The van der Waals surface area contributed by atoms with Crippen molar-refractivity contribution < 1.29 is 5.11 Å². The van der Waals surface area contributed by atoms with Crippen LogP contribution in [0, 0.1) is 0 Å². The minimum Gasteiger partial charge on any atom is -0.384 e. The molecule has 0 spiro atoms. The van der Waals surface area contributed by atoms with E-state index in [9.17, 15) is 5.11 Å². The van der Waals surface area contributed by atoms with Crippen molar-refractivity contribution in [1.29, 1.82) is 0 Å². The summed E-state index contributed by atoms with van der Waals surface area (Å²) in [5.74, 6) is 0. The van der Waals surface area contributed by atoms with Crippen molar-refractivity contribution >= 4 is 34.8 Å². The number of benzene rings is 1. The number of hydrogen-bond acceptors (Lipinski definition) is 3. The number of aliphatic hydroxyl groups is 1. The van der Waals surface area contributed by atoms with Gasteiger partial charge in [0, 0.05) is 0 Å². The lowest BCUT2D eigenvalue weighted by Crippen LogP contribution is -2.15. The first-order valence-electron chi connectivity index (χ1n) is 5.09. The van der Waals surface area contributed by atoms with Gasteiger partial charge in [-0.1, -0.05) is 40.0 Å². The Morgan fingerprint density at radius 2 is 1.72 bits per heavy atom.